The van der Waals surface area contributed by atoms with Crippen LogP contribution >= 0.6 is 0 Å². The molecule has 0 saturated heterocycles. The molecule has 0 aromatic rings. The van der Waals surface area contributed by atoms with Crippen molar-refractivity contribution in [3.8, 4) is 0 Å². The Hall–Kier alpha value is -1.36. The third-order valence-corrected chi connectivity index (χ3v) is 1.31. The summed E-state index contributed by atoms with van der Waals surface area (Å²) in [4.78, 5) is 21.5. The number of nitrogens with two attached hydrogens (primary N) is 1. The lowest BCUT2D eigenvalue weighted by Crippen LogP contribution is -2.32. The summed E-state index contributed by atoms with van der Waals surface area (Å²) in [6, 6.07) is 0. The van der Waals surface area contributed by atoms with E-state index in [1.165, 1.54) is 0 Å². The molecule has 5 nitrogen and oxygen atoms in total. The lowest BCUT2D eigenvalue weighted by molar-refractivity contribution is -0.154. The van der Waals surface area contributed by atoms with Gasteiger partial charge in [0.25, 0.3) is 0 Å². The first-order valence-corrected chi connectivity index (χ1v) is 3.48. The molecule has 1 aliphatic rings. The zero-order valence-electron chi connectivity index (χ0n) is 6.36. The van der Waals surface area contributed by atoms with Gasteiger partial charge in [-0.15, -0.1) is 0 Å². The minimum atomic E-state index is -0.567. The first kappa shape index (κ1) is 8.73. The van der Waals surface area contributed by atoms with Crippen LogP contribution in [0.2, 0.25) is 0 Å². The molecule has 1 heterocycles. The van der Waals surface area contributed by atoms with Gasteiger partial charge in [-0.3, -0.25) is 0 Å². The van der Waals surface area contributed by atoms with Gasteiger partial charge in [0.05, 0.1) is 0 Å². The Balaban J connectivity index is 2.63. The van der Waals surface area contributed by atoms with Crippen molar-refractivity contribution in [2.45, 2.75) is 6.10 Å². The van der Waals surface area contributed by atoms with Crippen molar-refractivity contribution in [3.05, 3.63) is 12.2 Å². The summed E-state index contributed by atoms with van der Waals surface area (Å²) in [6.45, 7) is 0.165. The van der Waals surface area contributed by atoms with Crippen molar-refractivity contribution in [1.82, 2.24) is 0 Å². The fraction of sp³-hybridized carbons (Fsp3) is 0.429. The summed E-state index contributed by atoms with van der Waals surface area (Å²) < 4.78 is 9.41. The molecule has 0 bridgehead atoms. The van der Waals surface area contributed by atoms with Crippen LogP contribution in [0.15, 0.2) is 12.2 Å². The summed E-state index contributed by atoms with van der Waals surface area (Å²) in [7, 11) is 0. The Morgan fingerprint density at radius 1 is 1.42 bits per heavy atom. The molecule has 5 heteroatoms. The van der Waals surface area contributed by atoms with Crippen LogP contribution in [0.4, 0.5) is 0 Å². The lowest BCUT2D eigenvalue weighted by atomic mass is 10.3. The molecule has 0 aromatic heterocycles. The predicted molar refractivity (Wildman–Crippen MR) is 39.0 cm³/mol. The van der Waals surface area contributed by atoms with Crippen molar-refractivity contribution in [2.24, 2.45) is 5.73 Å². The van der Waals surface area contributed by atoms with Crippen LogP contribution in [0, 0.1) is 0 Å². The third-order valence-electron chi connectivity index (χ3n) is 1.31. The maximum Gasteiger partial charge on any atom is 0.331 e. The molecular formula is C7H9NO4. The molecular weight excluding hydrogens is 162 g/mol. The quantitative estimate of drug-likeness (QED) is 0.510. The maximum atomic E-state index is 10.8. The second-order valence-corrected chi connectivity index (χ2v) is 2.26. The van der Waals surface area contributed by atoms with Gasteiger partial charge >= 0.3 is 11.9 Å². The smallest absolute Gasteiger partial charge is 0.331 e. The van der Waals surface area contributed by atoms with E-state index in [1.54, 1.807) is 0 Å². The number of cyclic esters (lactones) is 2. The van der Waals surface area contributed by atoms with E-state index in [0.29, 0.717) is 0 Å². The number of ether oxygens (including phenoxy) is 2. The van der Waals surface area contributed by atoms with Crippen molar-refractivity contribution in [3.63, 3.8) is 0 Å². The van der Waals surface area contributed by atoms with Crippen LogP contribution in [0.25, 0.3) is 0 Å². The molecule has 0 aliphatic carbocycles. The summed E-state index contributed by atoms with van der Waals surface area (Å²) in [5.74, 6) is -1.12. The van der Waals surface area contributed by atoms with E-state index < -0.39 is 18.0 Å². The van der Waals surface area contributed by atoms with E-state index in [0.717, 1.165) is 12.2 Å². The zero-order valence-corrected chi connectivity index (χ0v) is 6.36. The van der Waals surface area contributed by atoms with Gasteiger partial charge in [-0.1, -0.05) is 0 Å². The van der Waals surface area contributed by atoms with Crippen LogP contribution in [-0.4, -0.2) is 31.2 Å². The Labute approximate surface area is 69.1 Å². The Bertz CT molecular complexity index is 223. The summed E-state index contributed by atoms with van der Waals surface area (Å²) in [5, 5.41) is 0. The number of hydrogen-bond acceptors (Lipinski definition) is 5. The molecule has 12 heavy (non-hydrogen) atoms. The minimum Gasteiger partial charge on any atom is -0.459 e. The van der Waals surface area contributed by atoms with Crippen LogP contribution in [0.1, 0.15) is 0 Å². The van der Waals surface area contributed by atoms with Gasteiger partial charge in [-0.2, -0.15) is 0 Å². The summed E-state index contributed by atoms with van der Waals surface area (Å²) in [6.07, 6.45) is 1.51. The van der Waals surface area contributed by atoms with Crippen LogP contribution < -0.4 is 5.73 Å². The largest absolute Gasteiger partial charge is 0.459 e. The Morgan fingerprint density at radius 2 is 2.08 bits per heavy atom. The summed E-state index contributed by atoms with van der Waals surface area (Å²) in [5.41, 5.74) is 5.24. The molecule has 2 N–H and O–H groups in total. The minimum absolute atomic E-state index is 0.0193. The molecule has 1 unspecified atom stereocenters. The van der Waals surface area contributed by atoms with Crippen LogP contribution in [-0.2, 0) is 19.1 Å². The second kappa shape index (κ2) is 3.87. The number of hydrogen-bond donors (Lipinski definition) is 1. The zero-order chi connectivity index (χ0) is 8.97. The van der Waals surface area contributed by atoms with Crippen molar-refractivity contribution in [2.75, 3.05) is 13.2 Å². The van der Waals surface area contributed by atoms with Crippen LogP contribution in [0.3, 0.4) is 0 Å². The van der Waals surface area contributed by atoms with Gasteiger partial charge in [-0.05, 0) is 0 Å². The normalized spacial score (nSPS) is 23.9. The van der Waals surface area contributed by atoms with Gasteiger partial charge < -0.3 is 15.2 Å². The van der Waals surface area contributed by atoms with Crippen molar-refractivity contribution < 1.29 is 19.1 Å². The highest BCUT2D eigenvalue weighted by atomic mass is 16.6. The van der Waals surface area contributed by atoms with Crippen molar-refractivity contribution >= 4 is 11.9 Å². The molecule has 66 valence electrons. The Kier molecular flexibility index (Phi) is 2.82. The van der Waals surface area contributed by atoms with E-state index in [1.807, 2.05) is 0 Å². The van der Waals surface area contributed by atoms with E-state index in [9.17, 15) is 9.59 Å². The van der Waals surface area contributed by atoms with Gasteiger partial charge in [-0.25, -0.2) is 9.59 Å². The number of carbonyl (C=O) groups is 2. The highest BCUT2D eigenvalue weighted by Gasteiger charge is 2.15. The van der Waals surface area contributed by atoms with Gasteiger partial charge in [0.1, 0.15) is 12.7 Å². The average Bonchev–Trinajstić information content (AvgIpc) is 2.06. The molecule has 0 saturated carbocycles. The highest BCUT2D eigenvalue weighted by Crippen LogP contribution is 1.98. The molecule has 0 amide bonds. The van der Waals surface area contributed by atoms with E-state index >= 15 is 0 Å². The molecule has 0 aromatic carbocycles. The number of esters is 2. The first-order chi connectivity index (χ1) is 5.72. The van der Waals surface area contributed by atoms with Crippen LogP contribution in [0.5, 0.6) is 0 Å². The number of rotatable bonds is 1. The third kappa shape index (κ3) is 2.35. The van der Waals surface area contributed by atoms with Gasteiger partial charge in [0.15, 0.2) is 0 Å². The number of carbonyl (C=O) groups excluding carboxylic acids is 2. The Morgan fingerprint density at radius 3 is 2.75 bits per heavy atom. The SMILES string of the molecule is NCC1COC(=O)C=CC(=O)O1. The molecule has 1 rings (SSSR count). The molecule has 0 fully saturated rings. The molecule has 0 radical (unpaired) electrons. The molecule has 0 spiro atoms. The fourth-order valence-electron chi connectivity index (χ4n) is 0.713. The van der Waals surface area contributed by atoms with Crippen molar-refractivity contribution in [1.29, 1.82) is 0 Å². The average molecular weight is 171 g/mol. The monoisotopic (exact) mass is 171 g/mol. The maximum absolute atomic E-state index is 10.8. The molecule has 1 atom stereocenters. The standard InChI is InChI=1S/C7H9NO4/c8-3-5-4-11-6(9)1-2-7(10)12-5/h1-2,5H,3-4,8H2. The second-order valence-electron chi connectivity index (χ2n) is 2.26. The fourth-order valence-corrected chi connectivity index (χ4v) is 0.713. The van der Waals surface area contributed by atoms with Gasteiger partial charge in [0.2, 0.25) is 0 Å². The summed E-state index contributed by atoms with van der Waals surface area (Å²) >= 11 is 0. The van der Waals surface area contributed by atoms with E-state index in [4.69, 9.17) is 10.5 Å². The predicted octanol–water partition coefficient (Wildman–Crippen LogP) is -1.03. The highest BCUT2D eigenvalue weighted by molar-refractivity contribution is 5.92. The molecule has 1 aliphatic heterocycles. The van der Waals surface area contributed by atoms with E-state index in [-0.39, 0.29) is 13.2 Å². The lowest BCUT2D eigenvalue weighted by Gasteiger charge is -2.15. The van der Waals surface area contributed by atoms with E-state index in [2.05, 4.69) is 4.74 Å². The van der Waals surface area contributed by atoms with Gasteiger partial charge in [0, 0.05) is 18.7 Å². The topological polar surface area (TPSA) is 78.6 Å². The first-order valence-electron chi connectivity index (χ1n) is 3.48.